The maximum Gasteiger partial charge on any atom is 0.255 e. The third-order valence-corrected chi connectivity index (χ3v) is 8.72. The standard InChI is InChI=1S/C33H44N4O5/c1-24(2)20-27(31(39)37-15-9-13-28(37)32(40)36-18-16-35(3)17-19-36)34-30(38)26-12-7-8-14-29(26)42-23-33(21-41-22-33)25-10-5-4-6-11-25/h4-8,10-12,14,24,27-28H,9,13,15-23H2,1-3H3,(H,34,38)/t27-,28-/m1/s1. The first-order valence-electron chi connectivity index (χ1n) is 15.2. The SMILES string of the molecule is CC(C)C[C@@H](NC(=O)c1ccccc1OCC1(c2ccccc2)COC1)C(=O)N1CCC[C@@H]1C(=O)N1CCN(C)CC1. The van der Waals surface area contributed by atoms with E-state index in [1.165, 1.54) is 0 Å². The number of hydrogen-bond donors (Lipinski definition) is 1. The number of carbonyl (C=O) groups is 3. The van der Waals surface area contributed by atoms with Crippen molar-refractivity contribution in [3.63, 3.8) is 0 Å². The second-order valence-corrected chi connectivity index (χ2v) is 12.4. The number of benzene rings is 2. The predicted molar refractivity (Wildman–Crippen MR) is 160 cm³/mol. The van der Waals surface area contributed by atoms with Crippen LogP contribution in [0.3, 0.4) is 0 Å². The number of amides is 3. The molecule has 3 heterocycles. The normalized spacial score (nSPS) is 21.1. The number of piperazine rings is 1. The molecule has 0 radical (unpaired) electrons. The van der Waals surface area contributed by atoms with Crippen LogP contribution in [0.4, 0.5) is 0 Å². The molecule has 3 amide bonds. The van der Waals surface area contributed by atoms with Gasteiger partial charge in [0.25, 0.3) is 5.91 Å². The monoisotopic (exact) mass is 576 g/mol. The van der Waals surface area contributed by atoms with Crippen LogP contribution < -0.4 is 10.1 Å². The smallest absolute Gasteiger partial charge is 0.255 e. The lowest BCUT2D eigenvalue weighted by Gasteiger charge is -2.41. The summed E-state index contributed by atoms with van der Waals surface area (Å²) >= 11 is 0. The van der Waals surface area contributed by atoms with Crippen LogP contribution in [0.1, 0.15) is 49.0 Å². The van der Waals surface area contributed by atoms with Crippen molar-refractivity contribution in [2.45, 2.75) is 50.6 Å². The van der Waals surface area contributed by atoms with E-state index < -0.39 is 12.1 Å². The maximum atomic E-state index is 13.9. The molecule has 9 nitrogen and oxygen atoms in total. The zero-order valence-corrected chi connectivity index (χ0v) is 25.1. The number of nitrogens with zero attached hydrogens (tertiary/aromatic N) is 3. The quantitative estimate of drug-likeness (QED) is 0.468. The molecular weight excluding hydrogens is 532 g/mol. The van der Waals surface area contributed by atoms with E-state index in [1.54, 1.807) is 23.1 Å². The van der Waals surface area contributed by atoms with Crippen molar-refractivity contribution in [1.82, 2.24) is 20.0 Å². The molecule has 42 heavy (non-hydrogen) atoms. The molecule has 0 aromatic heterocycles. The summed E-state index contributed by atoms with van der Waals surface area (Å²) in [4.78, 5) is 46.8. The average Bonchev–Trinajstić information content (AvgIpc) is 3.46. The number of hydrogen-bond acceptors (Lipinski definition) is 6. The molecule has 3 saturated heterocycles. The van der Waals surface area contributed by atoms with Crippen molar-refractivity contribution in [2.75, 3.05) is 59.6 Å². The van der Waals surface area contributed by atoms with Crippen molar-refractivity contribution in [2.24, 2.45) is 5.92 Å². The molecule has 3 aliphatic heterocycles. The Kier molecular flexibility index (Phi) is 9.48. The zero-order valence-electron chi connectivity index (χ0n) is 25.1. The third-order valence-electron chi connectivity index (χ3n) is 8.72. The largest absolute Gasteiger partial charge is 0.492 e. The molecule has 0 spiro atoms. The van der Waals surface area contributed by atoms with Gasteiger partial charge in [-0.25, -0.2) is 0 Å². The molecule has 3 fully saturated rings. The van der Waals surface area contributed by atoms with Gasteiger partial charge in [-0.15, -0.1) is 0 Å². The van der Waals surface area contributed by atoms with Gasteiger partial charge in [0.15, 0.2) is 0 Å². The molecule has 0 bridgehead atoms. The molecule has 0 unspecified atom stereocenters. The molecule has 9 heteroatoms. The highest BCUT2D eigenvalue weighted by Gasteiger charge is 2.42. The van der Waals surface area contributed by atoms with Crippen LogP contribution in [0.5, 0.6) is 5.75 Å². The van der Waals surface area contributed by atoms with Crippen LogP contribution >= 0.6 is 0 Å². The first-order valence-corrected chi connectivity index (χ1v) is 15.2. The van der Waals surface area contributed by atoms with Gasteiger partial charge in [0, 0.05) is 32.7 Å². The number of likely N-dealkylation sites (N-methyl/N-ethyl adjacent to an activating group) is 1. The summed E-state index contributed by atoms with van der Waals surface area (Å²) in [5.74, 6) is 0.121. The molecule has 2 aromatic carbocycles. The number of likely N-dealkylation sites (tertiary alicyclic amines) is 1. The fourth-order valence-corrected chi connectivity index (χ4v) is 6.12. The third kappa shape index (κ3) is 6.63. The zero-order chi connectivity index (χ0) is 29.7. The lowest BCUT2D eigenvalue weighted by atomic mass is 9.79. The summed E-state index contributed by atoms with van der Waals surface area (Å²) in [5, 5.41) is 3.02. The first-order chi connectivity index (χ1) is 20.3. The maximum absolute atomic E-state index is 13.9. The molecule has 226 valence electrons. The van der Waals surface area contributed by atoms with Crippen molar-refractivity contribution in [1.29, 1.82) is 0 Å². The Morgan fingerprint density at radius 3 is 2.33 bits per heavy atom. The summed E-state index contributed by atoms with van der Waals surface area (Å²) in [6.45, 7) is 9.09. The Morgan fingerprint density at radius 1 is 0.976 bits per heavy atom. The number of nitrogens with one attached hydrogen (secondary N) is 1. The van der Waals surface area contributed by atoms with Gasteiger partial charge in [-0.2, -0.15) is 0 Å². The number of rotatable bonds is 10. The van der Waals surface area contributed by atoms with E-state index in [0.29, 0.717) is 63.6 Å². The van der Waals surface area contributed by atoms with Gasteiger partial charge in [0.1, 0.15) is 24.4 Å². The molecule has 1 N–H and O–H groups in total. The van der Waals surface area contributed by atoms with Crippen LogP contribution in [0.25, 0.3) is 0 Å². The molecular formula is C33H44N4O5. The molecule has 0 aliphatic carbocycles. The second kappa shape index (κ2) is 13.3. The lowest BCUT2D eigenvalue weighted by molar-refractivity contribution is -0.145. The molecule has 2 atom stereocenters. The molecule has 5 rings (SSSR count). The Balaban J connectivity index is 1.28. The highest BCUT2D eigenvalue weighted by Crippen LogP contribution is 2.34. The van der Waals surface area contributed by atoms with Crippen molar-refractivity contribution in [3.8, 4) is 5.75 Å². The van der Waals surface area contributed by atoms with Crippen LogP contribution in [0, 0.1) is 5.92 Å². The van der Waals surface area contributed by atoms with Crippen LogP contribution in [0.15, 0.2) is 54.6 Å². The minimum atomic E-state index is -0.734. The van der Waals surface area contributed by atoms with Gasteiger partial charge in [0.05, 0.1) is 24.2 Å². The van der Waals surface area contributed by atoms with E-state index in [9.17, 15) is 14.4 Å². The van der Waals surface area contributed by atoms with Crippen molar-refractivity contribution >= 4 is 17.7 Å². The summed E-state index contributed by atoms with van der Waals surface area (Å²) in [5.41, 5.74) is 1.27. The summed E-state index contributed by atoms with van der Waals surface area (Å²) in [6.07, 6.45) is 1.92. The minimum Gasteiger partial charge on any atom is -0.492 e. The van der Waals surface area contributed by atoms with Gasteiger partial charge < -0.3 is 29.5 Å². The molecule has 3 aliphatic rings. The Bertz CT molecular complexity index is 1240. The highest BCUT2D eigenvalue weighted by atomic mass is 16.5. The van der Waals surface area contributed by atoms with Gasteiger partial charge in [-0.05, 0) is 49.9 Å². The van der Waals surface area contributed by atoms with E-state index in [-0.39, 0.29) is 29.1 Å². The first kappa shape index (κ1) is 30.0. The van der Waals surface area contributed by atoms with E-state index in [2.05, 4.69) is 29.4 Å². The van der Waals surface area contributed by atoms with Crippen LogP contribution in [-0.4, -0.2) is 104 Å². The van der Waals surface area contributed by atoms with Crippen LogP contribution in [-0.2, 0) is 19.7 Å². The minimum absolute atomic E-state index is 0.0228. The second-order valence-electron chi connectivity index (χ2n) is 12.4. The van der Waals surface area contributed by atoms with Crippen molar-refractivity contribution in [3.05, 3.63) is 65.7 Å². The van der Waals surface area contributed by atoms with Crippen molar-refractivity contribution < 1.29 is 23.9 Å². The van der Waals surface area contributed by atoms with E-state index in [4.69, 9.17) is 9.47 Å². The van der Waals surface area contributed by atoms with E-state index >= 15 is 0 Å². The van der Waals surface area contributed by atoms with Crippen LogP contribution in [0.2, 0.25) is 0 Å². The van der Waals surface area contributed by atoms with E-state index in [0.717, 1.165) is 25.1 Å². The highest BCUT2D eigenvalue weighted by molar-refractivity contribution is 6.00. The summed E-state index contributed by atoms with van der Waals surface area (Å²) < 4.78 is 11.8. The Hall–Kier alpha value is -3.43. The Morgan fingerprint density at radius 2 is 1.67 bits per heavy atom. The summed E-state index contributed by atoms with van der Waals surface area (Å²) in [7, 11) is 2.05. The summed E-state index contributed by atoms with van der Waals surface area (Å²) in [6, 6.07) is 16.1. The predicted octanol–water partition coefficient (Wildman–Crippen LogP) is 2.94. The molecule has 2 aromatic rings. The number of carbonyl (C=O) groups excluding carboxylic acids is 3. The fourth-order valence-electron chi connectivity index (χ4n) is 6.12. The van der Waals surface area contributed by atoms with Gasteiger partial charge in [-0.1, -0.05) is 56.3 Å². The molecule has 0 saturated carbocycles. The Labute approximate surface area is 249 Å². The topological polar surface area (TPSA) is 91.4 Å². The van der Waals surface area contributed by atoms with Gasteiger partial charge in [0.2, 0.25) is 11.8 Å². The number of para-hydroxylation sites is 1. The van der Waals surface area contributed by atoms with Gasteiger partial charge >= 0.3 is 0 Å². The van der Waals surface area contributed by atoms with E-state index in [1.807, 2.05) is 43.0 Å². The fraction of sp³-hybridized carbons (Fsp3) is 0.545. The lowest BCUT2D eigenvalue weighted by Crippen LogP contribution is -2.56. The average molecular weight is 577 g/mol. The number of ether oxygens (including phenoxy) is 2. The van der Waals surface area contributed by atoms with Gasteiger partial charge in [-0.3, -0.25) is 14.4 Å².